The average Bonchev–Trinajstić information content (AvgIpc) is 3.07. The van der Waals surface area contributed by atoms with Gasteiger partial charge in [-0.05, 0) is 36.3 Å². The summed E-state index contributed by atoms with van der Waals surface area (Å²) in [5, 5.41) is 0.183. The summed E-state index contributed by atoms with van der Waals surface area (Å²) in [5.41, 5.74) is 0.143. The van der Waals surface area contributed by atoms with E-state index in [4.69, 9.17) is 11.6 Å². The maximum Gasteiger partial charge on any atom is 0.240 e. The Labute approximate surface area is 113 Å². The van der Waals surface area contributed by atoms with Crippen molar-refractivity contribution in [3.63, 3.8) is 0 Å². The van der Waals surface area contributed by atoms with E-state index in [1.54, 1.807) is 0 Å². The van der Waals surface area contributed by atoms with Gasteiger partial charge in [-0.15, -0.1) is 0 Å². The number of halogens is 1. The molecule has 1 N–H and O–H groups in total. The standard InChI is InChI=1S/C12H17ClN2O2S/c1-9(2)12(4-5-12)8-15-18(16,17)10-3-6-14-11(13)7-10/h3,6-7,9,15H,4-5,8H2,1-2H3. The van der Waals surface area contributed by atoms with Gasteiger partial charge in [0.1, 0.15) is 5.15 Å². The summed E-state index contributed by atoms with van der Waals surface area (Å²) in [4.78, 5) is 3.94. The van der Waals surface area contributed by atoms with E-state index in [2.05, 4.69) is 23.6 Å². The molecule has 2 rings (SSSR count). The second kappa shape index (κ2) is 4.79. The van der Waals surface area contributed by atoms with E-state index in [0.29, 0.717) is 12.5 Å². The molecule has 100 valence electrons. The summed E-state index contributed by atoms with van der Waals surface area (Å²) in [6, 6.07) is 2.81. The van der Waals surface area contributed by atoms with Crippen LogP contribution in [0.1, 0.15) is 26.7 Å². The molecular weight excluding hydrogens is 272 g/mol. The van der Waals surface area contributed by atoms with Gasteiger partial charge in [-0.3, -0.25) is 0 Å². The number of aromatic nitrogens is 1. The predicted octanol–water partition coefficient (Wildman–Crippen LogP) is 2.45. The van der Waals surface area contributed by atoms with Crippen LogP contribution in [0.4, 0.5) is 0 Å². The Bertz CT molecular complexity index is 539. The molecule has 0 amide bonds. The van der Waals surface area contributed by atoms with E-state index in [0.717, 1.165) is 12.8 Å². The van der Waals surface area contributed by atoms with Crippen LogP contribution >= 0.6 is 11.6 Å². The first-order valence-electron chi connectivity index (χ1n) is 5.97. The van der Waals surface area contributed by atoms with Crippen molar-refractivity contribution < 1.29 is 8.42 Å². The highest BCUT2D eigenvalue weighted by Crippen LogP contribution is 2.51. The molecule has 1 fully saturated rings. The van der Waals surface area contributed by atoms with Crippen LogP contribution in [0.15, 0.2) is 23.2 Å². The molecule has 0 atom stereocenters. The molecule has 1 aliphatic rings. The summed E-state index contributed by atoms with van der Waals surface area (Å²) in [5.74, 6) is 0.487. The van der Waals surface area contributed by atoms with Crippen molar-refractivity contribution in [3.05, 3.63) is 23.5 Å². The highest BCUT2D eigenvalue weighted by molar-refractivity contribution is 7.89. The van der Waals surface area contributed by atoms with Crippen LogP contribution in [0.3, 0.4) is 0 Å². The molecule has 1 aromatic rings. The predicted molar refractivity (Wildman–Crippen MR) is 70.9 cm³/mol. The van der Waals surface area contributed by atoms with Gasteiger partial charge in [-0.2, -0.15) is 0 Å². The van der Waals surface area contributed by atoms with Crippen LogP contribution in [-0.2, 0) is 10.0 Å². The fourth-order valence-electron chi connectivity index (χ4n) is 1.99. The van der Waals surface area contributed by atoms with E-state index < -0.39 is 10.0 Å². The van der Waals surface area contributed by atoms with Gasteiger partial charge in [0.05, 0.1) is 4.90 Å². The fourth-order valence-corrected chi connectivity index (χ4v) is 3.38. The molecule has 0 aliphatic heterocycles. The first-order valence-corrected chi connectivity index (χ1v) is 7.83. The third-order valence-electron chi connectivity index (χ3n) is 3.74. The van der Waals surface area contributed by atoms with Crippen molar-refractivity contribution in [1.82, 2.24) is 9.71 Å². The number of pyridine rings is 1. The van der Waals surface area contributed by atoms with Crippen LogP contribution in [0.5, 0.6) is 0 Å². The Kier molecular flexibility index (Phi) is 3.67. The molecule has 0 unspecified atom stereocenters. The van der Waals surface area contributed by atoms with Crippen LogP contribution in [0, 0.1) is 11.3 Å². The van der Waals surface area contributed by atoms with E-state index in [-0.39, 0.29) is 15.5 Å². The van der Waals surface area contributed by atoms with E-state index >= 15 is 0 Å². The third-order valence-corrected chi connectivity index (χ3v) is 5.35. The number of hydrogen-bond acceptors (Lipinski definition) is 3. The van der Waals surface area contributed by atoms with Crippen molar-refractivity contribution in [1.29, 1.82) is 0 Å². The molecule has 1 aromatic heterocycles. The quantitative estimate of drug-likeness (QED) is 0.847. The largest absolute Gasteiger partial charge is 0.244 e. The van der Waals surface area contributed by atoms with Gasteiger partial charge in [0.25, 0.3) is 0 Å². The molecule has 18 heavy (non-hydrogen) atoms. The lowest BCUT2D eigenvalue weighted by Crippen LogP contribution is -2.32. The van der Waals surface area contributed by atoms with Crippen molar-refractivity contribution in [3.8, 4) is 0 Å². The molecule has 0 radical (unpaired) electrons. The maximum absolute atomic E-state index is 12.1. The van der Waals surface area contributed by atoms with Gasteiger partial charge in [0, 0.05) is 12.7 Å². The Hall–Kier alpha value is -0.650. The first kappa shape index (κ1) is 13.8. The number of nitrogens with one attached hydrogen (secondary N) is 1. The molecule has 4 nitrogen and oxygen atoms in total. The zero-order valence-electron chi connectivity index (χ0n) is 10.5. The maximum atomic E-state index is 12.1. The highest BCUT2D eigenvalue weighted by atomic mass is 35.5. The van der Waals surface area contributed by atoms with Crippen LogP contribution in [0.2, 0.25) is 5.15 Å². The van der Waals surface area contributed by atoms with Crippen LogP contribution in [-0.4, -0.2) is 19.9 Å². The third kappa shape index (κ3) is 2.84. The van der Waals surface area contributed by atoms with Crippen LogP contribution < -0.4 is 4.72 Å². The zero-order chi connectivity index (χ0) is 13.4. The van der Waals surface area contributed by atoms with Gasteiger partial charge in [0.15, 0.2) is 0 Å². The molecule has 0 saturated heterocycles. The molecule has 1 aliphatic carbocycles. The van der Waals surface area contributed by atoms with E-state index in [9.17, 15) is 8.42 Å². The highest BCUT2D eigenvalue weighted by Gasteiger charge is 2.45. The molecule has 0 spiro atoms. The lowest BCUT2D eigenvalue weighted by atomic mass is 9.93. The second-order valence-corrected chi connectivity index (χ2v) is 7.31. The molecule has 0 bridgehead atoms. The molecular formula is C12H17ClN2O2S. The Balaban J connectivity index is 2.09. The average molecular weight is 289 g/mol. The Morgan fingerprint density at radius 2 is 2.17 bits per heavy atom. The van der Waals surface area contributed by atoms with E-state index in [1.165, 1.54) is 18.3 Å². The van der Waals surface area contributed by atoms with Gasteiger partial charge in [0.2, 0.25) is 10.0 Å². The van der Waals surface area contributed by atoms with Crippen molar-refractivity contribution >= 4 is 21.6 Å². The number of rotatable bonds is 5. The summed E-state index contributed by atoms with van der Waals surface area (Å²) >= 11 is 5.70. The summed E-state index contributed by atoms with van der Waals surface area (Å²) in [6.45, 7) is 4.75. The van der Waals surface area contributed by atoms with Crippen molar-refractivity contribution in [2.75, 3.05) is 6.54 Å². The monoisotopic (exact) mass is 288 g/mol. The number of sulfonamides is 1. The number of nitrogens with zero attached hydrogens (tertiary/aromatic N) is 1. The zero-order valence-corrected chi connectivity index (χ0v) is 12.1. The number of hydrogen-bond donors (Lipinski definition) is 1. The van der Waals surface area contributed by atoms with Crippen molar-refractivity contribution in [2.45, 2.75) is 31.6 Å². The minimum atomic E-state index is -3.48. The van der Waals surface area contributed by atoms with Crippen LogP contribution in [0.25, 0.3) is 0 Å². The minimum absolute atomic E-state index is 0.143. The van der Waals surface area contributed by atoms with Gasteiger partial charge in [-0.1, -0.05) is 25.4 Å². The van der Waals surface area contributed by atoms with E-state index in [1.807, 2.05) is 0 Å². The lowest BCUT2D eigenvalue weighted by molar-refractivity contribution is 0.357. The minimum Gasteiger partial charge on any atom is -0.244 e. The molecule has 1 heterocycles. The van der Waals surface area contributed by atoms with Gasteiger partial charge < -0.3 is 0 Å². The summed E-state index contributed by atoms with van der Waals surface area (Å²) < 4.78 is 26.8. The summed E-state index contributed by atoms with van der Waals surface area (Å²) in [6.07, 6.45) is 3.57. The van der Waals surface area contributed by atoms with Crippen molar-refractivity contribution in [2.24, 2.45) is 11.3 Å². The molecule has 0 aromatic carbocycles. The molecule has 6 heteroatoms. The SMILES string of the molecule is CC(C)C1(CNS(=O)(=O)c2ccnc(Cl)c2)CC1. The lowest BCUT2D eigenvalue weighted by Gasteiger charge is -2.19. The second-order valence-electron chi connectivity index (χ2n) is 5.16. The van der Waals surface area contributed by atoms with Gasteiger partial charge in [-0.25, -0.2) is 18.1 Å². The Morgan fingerprint density at radius 1 is 1.50 bits per heavy atom. The summed E-state index contributed by atoms with van der Waals surface area (Å²) in [7, 11) is -3.48. The first-order chi connectivity index (χ1) is 8.36. The Morgan fingerprint density at radius 3 is 2.67 bits per heavy atom. The fraction of sp³-hybridized carbons (Fsp3) is 0.583. The van der Waals surface area contributed by atoms with Gasteiger partial charge >= 0.3 is 0 Å². The smallest absolute Gasteiger partial charge is 0.240 e. The molecule has 1 saturated carbocycles. The normalized spacial score (nSPS) is 18.0. The topological polar surface area (TPSA) is 59.1 Å².